The third kappa shape index (κ3) is 3.06. The largest absolute Gasteiger partial charge is 0.383 e. The van der Waals surface area contributed by atoms with Gasteiger partial charge in [-0.3, -0.25) is 4.79 Å². The van der Waals surface area contributed by atoms with Crippen molar-refractivity contribution in [1.82, 2.24) is 14.4 Å². The molecule has 0 spiro atoms. The number of hydrogen-bond acceptors (Lipinski definition) is 3. The van der Waals surface area contributed by atoms with Crippen LogP contribution in [0.4, 0.5) is 0 Å². The van der Waals surface area contributed by atoms with Crippen molar-refractivity contribution in [3.8, 4) is 0 Å². The van der Waals surface area contributed by atoms with Crippen LogP contribution in [0.5, 0.6) is 0 Å². The molecule has 24 heavy (non-hydrogen) atoms. The Morgan fingerprint density at radius 3 is 2.54 bits per heavy atom. The number of aryl methyl sites for hydroxylation is 1. The summed E-state index contributed by atoms with van der Waals surface area (Å²) >= 11 is 0. The van der Waals surface area contributed by atoms with Gasteiger partial charge in [-0.2, -0.15) is 0 Å². The van der Waals surface area contributed by atoms with E-state index in [1.54, 1.807) is 7.11 Å². The van der Waals surface area contributed by atoms with Crippen LogP contribution in [0.2, 0.25) is 0 Å². The van der Waals surface area contributed by atoms with Crippen LogP contribution in [0.3, 0.4) is 0 Å². The predicted octanol–water partition coefficient (Wildman–Crippen LogP) is 2.29. The molecule has 0 radical (unpaired) electrons. The van der Waals surface area contributed by atoms with Gasteiger partial charge >= 0.3 is 0 Å². The summed E-state index contributed by atoms with van der Waals surface area (Å²) in [6.07, 6.45) is 0. The average Bonchev–Trinajstić information content (AvgIpc) is 2.84. The van der Waals surface area contributed by atoms with Crippen molar-refractivity contribution in [1.29, 1.82) is 0 Å². The van der Waals surface area contributed by atoms with E-state index in [2.05, 4.69) is 42.5 Å². The van der Waals surface area contributed by atoms with Crippen molar-refractivity contribution < 1.29 is 9.53 Å². The van der Waals surface area contributed by atoms with Gasteiger partial charge in [0.25, 0.3) is 5.91 Å². The van der Waals surface area contributed by atoms with Gasteiger partial charge in [0, 0.05) is 62.0 Å². The Kier molecular flexibility index (Phi) is 4.92. The zero-order valence-electron chi connectivity index (χ0n) is 15.1. The third-order valence-electron chi connectivity index (χ3n) is 5.20. The van der Waals surface area contributed by atoms with Crippen molar-refractivity contribution in [3.05, 3.63) is 35.0 Å². The van der Waals surface area contributed by atoms with E-state index in [1.165, 1.54) is 22.2 Å². The number of aromatic nitrogens is 1. The molecule has 1 aliphatic heterocycles. The first-order valence-electron chi connectivity index (χ1n) is 8.59. The minimum absolute atomic E-state index is 0.145. The van der Waals surface area contributed by atoms with E-state index in [0.29, 0.717) is 6.61 Å². The van der Waals surface area contributed by atoms with Crippen LogP contribution in [0.1, 0.15) is 21.6 Å². The minimum atomic E-state index is 0.145. The molecule has 2 aromatic rings. The Balaban J connectivity index is 1.91. The van der Waals surface area contributed by atoms with E-state index < -0.39 is 0 Å². The first kappa shape index (κ1) is 17.0. The van der Waals surface area contributed by atoms with Crippen molar-refractivity contribution in [2.24, 2.45) is 0 Å². The quantitative estimate of drug-likeness (QED) is 0.864. The Morgan fingerprint density at radius 2 is 1.88 bits per heavy atom. The summed E-state index contributed by atoms with van der Waals surface area (Å²) in [7, 11) is 3.82. The molecule has 1 aliphatic rings. The Labute approximate surface area is 143 Å². The van der Waals surface area contributed by atoms with E-state index in [4.69, 9.17) is 4.74 Å². The number of hydrogen-bond donors (Lipinski definition) is 0. The zero-order valence-corrected chi connectivity index (χ0v) is 15.1. The molecule has 1 aromatic heterocycles. The van der Waals surface area contributed by atoms with Gasteiger partial charge in [0.2, 0.25) is 0 Å². The van der Waals surface area contributed by atoms with Gasteiger partial charge in [0.05, 0.1) is 6.61 Å². The molecule has 1 amide bonds. The van der Waals surface area contributed by atoms with E-state index >= 15 is 0 Å². The van der Waals surface area contributed by atoms with Crippen LogP contribution in [-0.4, -0.2) is 67.2 Å². The van der Waals surface area contributed by atoms with Crippen LogP contribution in [0, 0.1) is 13.8 Å². The van der Waals surface area contributed by atoms with E-state index in [1.807, 2.05) is 11.0 Å². The highest BCUT2D eigenvalue weighted by atomic mass is 16.5. The Morgan fingerprint density at radius 1 is 1.17 bits per heavy atom. The highest BCUT2D eigenvalue weighted by molar-refractivity contribution is 5.99. The maximum absolute atomic E-state index is 12.8. The van der Waals surface area contributed by atoms with Crippen LogP contribution in [0.25, 0.3) is 10.9 Å². The van der Waals surface area contributed by atoms with Crippen molar-refractivity contribution in [3.63, 3.8) is 0 Å². The van der Waals surface area contributed by atoms with Crippen molar-refractivity contribution in [2.45, 2.75) is 20.4 Å². The van der Waals surface area contributed by atoms with Crippen LogP contribution in [0.15, 0.2) is 18.2 Å². The highest BCUT2D eigenvalue weighted by Crippen LogP contribution is 2.27. The molecular formula is C19H27N3O2. The number of piperazine rings is 1. The molecular weight excluding hydrogens is 302 g/mol. The second kappa shape index (κ2) is 6.95. The fraction of sp³-hybridized carbons (Fsp3) is 0.526. The van der Waals surface area contributed by atoms with Crippen LogP contribution < -0.4 is 0 Å². The second-order valence-electron chi connectivity index (χ2n) is 6.68. The molecule has 0 atom stereocenters. The molecule has 0 unspecified atom stereocenters. The number of benzene rings is 1. The first-order chi connectivity index (χ1) is 11.5. The van der Waals surface area contributed by atoms with Gasteiger partial charge in [0.1, 0.15) is 0 Å². The average molecular weight is 329 g/mol. The van der Waals surface area contributed by atoms with Crippen molar-refractivity contribution in [2.75, 3.05) is 46.9 Å². The lowest BCUT2D eigenvalue weighted by atomic mass is 10.1. The molecule has 0 aliphatic carbocycles. The number of nitrogens with zero attached hydrogens (tertiary/aromatic N) is 3. The predicted molar refractivity (Wildman–Crippen MR) is 96.7 cm³/mol. The Hall–Kier alpha value is -1.85. The third-order valence-corrected chi connectivity index (χ3v) is 5.20. The molecule has 130 valence electrons. The summed E-state index contributed by atoms with van der Waals surface area (Å²) in [4.78, 5) is 17.0. The topological polar surface area (TPSA) is 37.7 Å². The van der Waals surface area contributed by atoms with E-state index in [9.17, 15) is 4.79 Å². The number of rotatable bonds is 4. The lowest BCUT2D eigenvalue weighted by Crippen LogP contribution is -2.47. The summed E-state index contributed by atoms with van der Waals surface area (Å²) in [5.41, 5.74) is 4.45. The van der Waals surface area contributed by atoms with Gasteiger partial charge in [-0.15, -0.1) is 0 Å². The van der Waals surface area contributed by atoms with Gasteiger partial charge in [-0.25, -0.2) is 0 Å². The summed E-state index contributed by atoms with van der Waals surface area (Å²) in [5.74, 6) is 0.145. The molecule has 5 nitrogen and oxygen atoms in total. The molecule has 3 rings (SSSR count). The Bertz CT molecular complexity index is 743. The monoisotopic (exact) mass is 329 g/mol. The summed E-state index contributed by atoms with van der Waals surface area (Å²) < 4.78 is 7.50. The normalized spacial score (nSPS) is 16.1. The number of likely N-dealkylation sites (N-methyl/N-ethyl adjacent to an activating group) is 1. The maximum Gasteiger partial charge on any atom is 0.253 e. The first-order valence-corrected chi connectivity index (χ1v) is 8.59. The fourth-order valence-corrected chi connectivity index (χ4v) is 3.45. The number of methoxy groups -OCH3 is 1. The number of amides is 1. The standard InChI is InChI=1S/C19H27N3O2/c1-14-15(2)22(11-12-24-4)18-6-5-16(13-17(14)18)19(23)21-9-7-20(3)8-10-21/h5-6,13H,7-12H2,1-4H3. The zero-order chi connectivity index (χ0) is 17.3. The SMILES string of the molecule is COCCn1c(C)c(C)c2cc(C(=O)N3CCN(C)CC3)ccc21. The number of carbonyl (C=O) groups excluding carboxylic acids is 1. The molecule has 1 fully saturated rings. The summed E-state index contributed by atoms with van der Waals surface area (Å²) in [6.45, 7) is 9.28. The van der Waals surface area contributed by atoms with Crippen LogP contribution in [-0.2, 0) is 11.3 Å². The minimum Gasteiger partial charge on any atom is -0.383 e. The molecule has 0 saturated carbocycles. The molecule has 0 N–H and O–H groups in total. The van der Waals surface area contributed by atoms with Crippen LogP contribution >= 0.6 is 0 Å². The number of fused-ring (bicyclic) bond motifs is 1. The molecule has 1 aromatic carbocycles. The van der Waals surface area contributed by atoms with Crippen molar-refractivity contribution >= 4 is 16.8 Å². The van der Waals surface area contributed by atoms with Gasteiger partial charge in [-0.05, 0) is 44.7 Å². The second-order valence-corrected chi connectivity index (χ2v) is 6.68. The summed E-state index contributed by atoms with van der Waals surface area (Å²) in [5, 5.41) is 1.17. The maximum atomic E-state index is 12.8. The molecule has 1 saturated heterocycles. The smallest absolute Gasteiger partial charge is 0.253 e. The van der Waals surface area contributed by atoms with Gasteiger partial charge < -0.3 is 19.1 Å². The lowest BCUT2D eigenvalue weighted by Gasteiger charge is -2.32. The molecule has 5 heteroatoms. The highest BCUT2D eigenvalue weighted by Gasteiger charge is 2.21. The van der Waals surface area contributed by atoms with Gasteiger partial charge in [-0.1, -0.05) is 0 Å². The van der Waals surface area contributed by atoms with E-state index in [-0.39, 0.29) is 5.91 Å². The lowest BCUT2D eigenvalue weighted by molar-refractivity contribution is 0.0664. The fourth-order valence-electron chi connectivity index (χ4n) is 3.45. The molecule has 0 bridgehead atoms. The van der Waals surface area contributed by atoms with E-state index in [0.717, 1.165) is 38.3 Å². The van der Waals surface area contributed by atoms with Gasteiger partial charge in [0.15, 0.2) is 0 Å². The number of ether oxygens (including phenoxy) is 1. The number of carbonyl (C=O) groups is 1. The molecule has 2 heterocycles. The summed E-state index contributed by atoms with van der Waals surface area (Å²) in [6, 6.07) is 6.10.